The molecule has 4 aromatic carbocycles. The van der Waals surface area contributed by atoms with E-state index in [4.69, 9.17) is 9.97 Å². The Balaban J connectivity index is 1.63. The van der Waals surface area contributed by atoms with Crippen molar-refractivity contribution in [3.63, 3.8) is 0 Å². The topological polar surface area (TPSA) is 25.8 Å². The second kappa shape index (κ2) is 8.60. The van der Waals surface area contributed by atoms with Gasteiger partial charge in [0, 0.05) is 22.3 Å². The Morgan fingerprint density at radius 2 is 0.879 bits per heavy atom. The Morgan fingerprint density at radius 3 is 1.42 bits per heavy atom. The predicted octanol–water partition coefficient (Wildman–Crippen LogP) is 6.78. The minimum Gasteiger partial charge on any atom is -0.244 e. The first-order valence-corrected chi connectivity index (χ1v) is 10.2. The molecule has 0 aliphatic carbocycles. The fraction of sp³-hybridized carbons (Fsp3) is 0. The van der Waals surface area contributed by atoms with Gasteiger partial charge in [0.2, 0.25) is 0 Å². The van der Waals surface area contributed by atoms with Gasteiger partial charge >= 0.3 is 0 Å². The molecule has 0 amide bonds. The minimum atomic E-state index is -0.353. The first kappa shape index (κ1) is 20.5. The Bertz CT molecular complexity index is 1510. The highest BCUT2D eigenvalue weighted by atomic mass is 19.1. The van der Waals surface area contributed by atoms with Crippen molar-refractivity contribution in [3.8, 4) is 34.4 Å². The van der Waals surface area contributed by atoms with Crippen molar-refractivity contribution in [2.24, 2.45) is 0 Å². The maximum atomic E-state index is 13.5. The van der Waals surface area contributed by atoms with Crippen molar-refractivity contribution < 1.29 is 13.2 Å². The highest BCUT2D eigenvalue weighted by molar-refractivity contribution is 5.86. The molecule has 1 aromatic heterocycles. The van der Waals surface area contributed by atoms with Crippen LogP contribution in [0, 0.1) is 29.3 Å². The average Bonchev–Trinajstić information content (AvgIpc) is 2.84. The van der Waals surface area contributed by atoms with Crippen LogP contribution in [0.15, 0.2) is 91.0 Å². The van der Waals surface area contributed by atoms with Crippen LogP contribution in [-0.4, -0.2) is 9.97 Å². The molecule has 2 nitrogen and oxygen atoms in total. The van der Waals surface area contributed by atoms with Crippen LogP contribution in [0.4, 0.5) is 13.2 Å². The van der Waals surface area contributed by atoms with Crippen LogP contribution in [-0.2, 0) is 0 Å². The van der Waals surface area contributed by atoms with Gasteiger partial charge in [0.1, 0.15) is 17.5 Å². The van der Waals surface area contributed by atoms with E-state index < -0.39 is 0 Å². The molecule has 1 heterocycles. The normalized spacial score (nSPS) is 10.6. The van der Waals surface area contributed by atoms with Crippen LogP contribution >= 0.6 is 0 Å². The number of fused-ring (bicyclic) bond motifs is 1. The molecular weight excluding hydrogens is 421 g/mol. The lowest BCUT2D eigenvalue weighted by Gasteiger charge is -2.11. The zero-order valence-corrected chi connectivity index (χ0v) is 17.2. The average molecular weight is 436 g/mol. The maximum absolute atomic E-state index is 13.5. The fourth-order valence-electron chi connectivity index (χ4n) is 3.43. The molecule has 0 saturated carbocycles. The van der Waals surface area contributed by atoms with Crippen molar-refractivity contribution in [2.75, 3.05) is 0 Å². The van der Waals surface area contributed by atoms with E-state index in [-0.39, 0.29) is 17.5 Å². The molecule has 5 heteroatoms. The van der Waals surface area contributed by atoms with Gasteiger partial charge in [-0.1, -0.05) is 11.8 Å². The molecule has 0 aliphatic rings. The quantitative estimate of drug-likeness (QED) is 0.285. The zero-order chi connectivity index (χ0) is 22.8. The smallest absolute Gasteiger partial charge is 0.123 e. The van der Waals surface area contributed by atoms with Crippen molar-refractivity contribution in [3.05, 3.63) is 120 Å². The molecule has 0 spiro atoms. The van der Waals surface area contributed by atoms with E-state index in [1.54, 1.807) is 36.4 Å². The van der Waals surface area contributed by atoms with E-state index in [0.717, 1.165) is 5.56 Å². The SMILES string of the molecule is Fc1ccc(C#Cc2ccc3nc(-c4ccc(F)cc4)c(-c4ccc(F)cc4)nc3c2)cc1. The van der Waals surface area contributed by atoms with Crippen LogP contribution in [0.2, 0.25) is 0 Å². The molecule has 0 fully saturated rings. The monoisotopic (exact) mass is 436 g/mol. The first-order chi connectivity index (χ1) is 16.0. The van der Waals surface area contributed by atoms with Crippen molar-refractivity contribution in [2.45, 2.75) is 0 Å². The summed E-state index contributed by atoms with van der Waals surface area (Å²) in [5, 5.41) is 0. The lowest BCUT2D eigenvalue weighted by Crippen LogP contribution is -1.96. The highest BCUT2D eigenvalue weighted by Crippen LogP contribution is 2.31. The van der Waals surface area contributed by atoms with E-state index >= 15 is 0 Å². The minimum absolute atomic E-state index is 0.313. The molecule has 33 heavy (non-hydrogen) atoms. The van der Waals surface area contributed by atoms with Crippen LogP contribution in [0.5, 0.6) is 0 Å². The number of hydrogen-bond donors (Lipinski definition) is 0. The fourth-order valence-corrected chi connectivity index (χ4v) is 3.43. The van der Waals surface area contributed by atoms with Crippen molar-refractivity contribution >= 4 is 11.0 Å². The molecule has 0 saturated heterocycles. The summed E-state index contributed by atoms with van der Waals surface area (Å²) >= 11 is 0. The summed E-state index contributed by atoms with van der Waals surface area (Å²) in [5.41, 5.74) is 5.19. The van der Waals surface area contributed by atoms with Gasteiger partial charge in [-0.05, 0) is 91.0 Å². The van der Waals surface area contributed by atoms with Gasteiger partial charge < -0.3 is 0 Å². The standard InChI is InChI=1S/C28H15F3N2/c29-22-10-3-18(4-11-22)1-2-19-5-16-25-26(17-19)33-28(21-8-14-24(31)15-9-21)27(32-25)20-6-12-23(30)13-7-20/h3-17H. The number of aromatic nitrogens is 2. The van der Waals surface area contributed by atoms with E-state index in [1.807, 2.05) is 18.2 Å². The van der Waals surface area contributed by atoms with Gasteiger partial charge in [0.05, 0.1) is 22.4 Å². The molecule has 0 bridgehead atoms. The Kier molecular flexibility index (Phi) is 5.34. The van der Waals surface area contributed by atoms with Gasteiger partial charge in [0.15, 0.2) is 0 Å². The molecule has 0 N–H and O–H groups in total. The number of nitrogens with zero attached hydrogens (tertiary/aromatic N) is 2. The van der Waals surface area contributed by atoms with Crippen LogP contribution < -0.4 is 0 Å². The molecule has 5 aromatic rings. The lowest BCUT2D eigenvalue weighted by molar-refractivity contribution is 0.627. The van der Waals surface area contributed by atoms with Crippen LogP contribution in [0.25, 0.3) is 33.5 Å². The van der Waals surface area contributed by atoms with E-state index in [9.17, 15) is 13.2 Å². The third-order valence-corrected chi connectivity index (χ3v) is 5.09. The van der Waals surface area contributed by atoms with Gasteiger partial charge in [-0.15, -0.1) is 0 Å². The first-order valence-electron chi connectivity index (χ1n) is 10.2. The van der Waals surface area contributed by atoms with Gasteiger partial charge in [0.25, 0.3) is 0 Å². The van der Waals surface area contributed by atoms with E-state index in [0.29, 0.717) is 39.1 Å². The van der Waals surface area contributed by atoms with Crippen LogP contribution in [0.1, 0.15) is 11.1 Å². The number of halogens is 3. The summed E-state index contributed by atoms with van der Waals surface area (Å²) in [6, 6.07) is 23.4. The molecular formula is C28H15F3N2. The molecule has 0 radical (unpaired) electrons. The third-order valence-electron chi connectivity index (χ3n) is 5.09. The van der Waals surface area contributed by atoms with Crippen LogP contribution in [0.3, 0.4) is 0 Å². The predicted molar refractivity (Wildman–Crippen MR) is 123 cm³/mol. The van der Waals surface area contributed by atoms with Crippen molar-refractivity contribution in [1.82, 2.24) is 9.97 Å². The number of hydrogen-bond acceptors (Lipinski definition) is 2. The maximum Gasteiger partial charge on any atom is 0.123 e. The number of benzene rings is 4. The Morgan fingerprint density at radius 1 is 0.455 bits per heavy atom. The molecule has 0 atom stereocenters. The van der Waals surface area contributed by atoms with Gasteiger partial charge in [-0.2, -0.15) is 0 Å². The second-order valence-electron chi connectivity index (χ2n) is 7.39. The molecule has 0 aliphatic heterocycles. The summed E-state index contributed by atoms with van der Waals surface area (Å²) in [4.78, 5) is 9.58. The third kappa shape index (κ3) is 4.46. The summed E-state index contributed by atoms with van der Waals surface area (Å²) in [7, 11) is 0. The van der Waals surface area contributed by atoms with Gasteiger partial charge in [-0.3, -0.25) is 0 Å². The summed E-state index contributed by atoms with van der Waals surface area (Å²) < 4.78 is 40.1. The number of rotatable bonds is 2. The van der Waals surface area contributed by atoms with E-state index in [2.05, 4.69) is 11.8 Å². The second-order valence-corrected chi connectivity index (χ2v) is 7.39. The largest absolute Gasteiger partial charge is 0.244 e. The molecule has 5 rings (SSSR count). The van der Waals surface area contributed by atoms with E-state index in [1.165, 1.54) is 36.4 Å². The highest BCUT2D eigenvalue weighted by Gasteiger charge is 2.14. The van der Waals surface area contributed by atoms with Crippen molar-refractivity contribution in [1.29, 1.82) is 0 Å². The Labute approximate surface area is 188 Å². The molecule has 158 valence electrons. The van der Waals surface area contributed by atoms with Gasteiger partial charge in [-0.25, -0.2) is 23.1 Å². The summed E-state index contributed by atoms with van der Waals surface area (Å²) in [5.74, 6) is 5.05. The molecule has 0 unspecified atom stereocenters. The summed E-state index contributed by atoms with van der Waals surface area (Å²) in [6.45, 7) is 0. The zero-order valence-electron chi connectivity index (χ0n) is 17.2. The lowest BCUT2D eigenvalue weighted by atomic mass is 10.0. The summed E-state index contributed by atoms with van der Waals surface area (Å²) in [6.07, 6.45) is 0. The Hall–Kier alpha value is -4.43.